The molecular weight excluding hydrogens is 424 g/mol. The van der Waals surface area contributed by atoms with Crippen LogP contribution in [0.4, 0.5) is 0 Å². The quantitative estimate of drug-likeness (QED) is 0.369. The van der Waals surface area contributed by atoms with Crippen molar-refractivity contribution >= 4 is 17.3 Å². The minimum Gasteiger partial charge on any atom is -0.493 e. The van der Waals surface area contributed by atoms with Crippen LogP contribution in [0.5, 0.6) is 5.75 Å². The van der Waals surface area contributed by atoms with Gasteiger partial charge in [-0.25, -0.2) is 0 Å². The van der Waals surface area contributed by atoms with Crippen LogP contribution in [-0.4, -0.2) is 24.0 Å². The maximum Gasteiger partial charge on any atom is 0.193 e. The van der Waals surface area contributed by atoms with Gasteiger partial charge in [-0.15, -0.1) is 0 Å². The Hall–Kier alpha value is -2.49. The summed E-state index contributed by atoms with van der Waals surface area (Å²) in [5.41, 5.74) is 4.01. The lowest BCUT2D eigenvalue weighted by Crippen LogP contribution is -2.57. The lowest BCUT2D eigenvalue weighted by Gasteiger charge is -2.59. The van der Waals surface area contributed by atoms with Gasteiger partial charge in [0.1, 0.15) is 5.75 Å². The molecule has 1 aromatic rings. The van der Waals surface area contributed by atoms with Crippen molar-refractivity contribution in [3.05, 3.63) is 51.1 Å². The summed E-state index contributed by atoms with van der Waals surface area (Å²) in [6.45, 7) is 16.4. The topological polar surface area (TPSA) is 60.4 Å². The third kappa shape index (κ3) is 3.21. The summed E-state index contributed by atoms with van der Waals surface area (Å²) in [4.78, 5) is 40.6. The van der Waals surface area contributed by atoms with E-state index in [1.807, 2.05) is 26.8 Å². The van der Waals surface area contributed by atoms with E-state index in [0.29, 0.717) is 29.9 Å². The molecule has 3 unspecified atom stereocenters. The molecule has 0 fully saturated rings. The summed E-state index contributed by atoms with van der Waals surface area (Å²) in [7, 11) is 0. The van der Waals surface area contributed by atoms with Gasteiger partial charge in [-0.1, -0.05) is 44.4 Å². The number of Topliss-reactive ketones (excluding diaryl/α,β-unsaturated/α-hetero) is 3. The van der Waals surface area contributed by atoms with Gasteiger partial charge < -0.3 is 4.74 Å². The Balaban J connectivity index is 1.94. The second-order valence-electron chi connectivity index (χ2n) is 11.6. The van der Waals surface area contributed by atoms with E-state index in [-0.39, 0.29) is 28.2 Å². The molecule has 0 bridgehead atoms. The van der Waals surface area contributed by atoms with E-state index in [1.165, 1.54) is 6.92 Å². The molecule has 0 aliphatic heterocycles. The van der Waals surface area contributed by atoms with Crippen molar-refractivity contribution in [3.8, 4) is 5.75 Å². The number of benzene rings is 1. The highest BCUT2D eigenvalue weighted by Crippen LogP contribution is 2.66. The van der Waals surface area contributed by atoms with Gasteiger partial charge in [0.05, 0.1) is 23.2 Å². The van der Waals surface area contributed by atoms with Gasteiger partial charge in [0.15, 0.2) is 17.3 Å². The fraction of sp³-hybridized carbons (Fsp3) is 0.567. The van der Waals surface area contributed by atoms with Crippen molar-refractivity contribution in [1.29, 1.82) is 0 Å². The van der Waals surface area contributed by atoms with E-state index in [9.17, 15) is 14.4 Å². The van der Waals surface area contributed by atoms with E-state index >= 15 is 0 Å². The average Bonchev–Trinajstić information content (AvgIpc) is 2.72. The fourth-order valence-electron chi connectivity index (χ4n) is 7.31. The lowest BCUT2D eigenvalue weighted by molar-refractivity contribution is -0.134. The van der Waals surface area contributed by atoms with Gasteiger partial charge in [0.25, 0.3) is 0 Å². The minimum absolute atomic E-state index is 0.0110. The smallest absolute Gasteiger partial charge is 0.193 e. The van der Waals surface area contributed by atoms with Crippen LogP contribution >= 0.6 is 0 Å². The van der Waals surface area contributed by atoms with Crippen molar-refractivity contribution in [2.24, 2.45) is 16.2 Å². The monoisotopic (exact) mass is 462 g/mol. The number of fused-ring (bicyclic) bond motifs is 3. The Bertz CT molecular complexity index is 1180. The Morgan fingerprint density at radius 1 is 1.06 bits per heavy atom. The molecule has 34 heavy (non-hydrogen) atoms. The molecule has 0 spiro atoms. The van der Waals surface area contributed by atoms with Gasteiger partial charge in [-0.3, -0.25) is 14.4 Å². The van der Waals surface area contributed by atoms with Crippen molar-refractivity contribution < 1.29 is 19.1 Å². The number of ether oxygens (including phenoxy) is 1. The highest BCUT2D eigenvalue weighted by Gasteiger charge is 2.63. The van der Waals surface area contributed by atoms with E-state index in [2.05, 4.69) is 33.8 Å². The molecule has 0 radical (unpaired) electrons. The highest BCUT2D eigenvalue weighted by molar-refractivity contribution is 6.24. The molecule has 0 heterocycles. The first kappa shape index (κ1) is 24.6. The second kappa shape index (κ2) is 8.03. The summed E-state index contributed by atoms with van der Waals surface area (Å²) in [6.07, 6.45) is 4.11. The molecular formula is C30H38O4. The Labute approximate surface area is 203 Å². The van der Waals surface area contributed by atoms with Crippen LogP contribution in [0.2, 0.25) is 0 Å². The zero-order chi connectivity index (χ0) is 25.2. The fourth-order valence-corrected chi connectivity index (χ4v) is 7.31. The molecule has 0 saturated carbocycles. The predicted molar refractivity (Wildman–Crippen MR) is 134 cm³/mol. The SMILES string of the molecule is CCCCOc1ccc(C)c2c1C(=O)C1=C(C)C3(C)C(=O)C(C(C)=O)=C(C)CC3(C)CC1(C)C2. The molecule has 3 atom stereocenters. The van der Waals surface area contributed by atoms with Crippen molar-refractivity contribution in [3.63, 3.8) is 0 Å². The normalized spacial score (nSPS) is 30.7. The molecule has 4 nitrogen and oxygen atoms in total. The number of carbonyl (C=O) groups excluding carboxylic acids is 3. The predicted octanol–water partition coefficient (Wildman–Crippen LogP) is 6.53. The van der Waals surface area contributed by atoms with Gasteiger partial charge in [-0.2, -0.15) is 0 Å². The molecule has 0 amide bonds. The standard InChI is InChI=1S/C30H38O4/c1-9-10-13-34-22-12-11-17(2)21-15-28(6)16-29(7)14-18(3)23(20(5)31)27(33)30(29,8)19(4)25(28)26(32)24(21)22/h11-12H,9-10,13-16H2,1-8H3. The Morgan fingerprint density at radius 2 is 1.74 bits per heavy atom. The molecule has 3 aliphatic rings. The van der Waals surface area contributed by atoms with E-state index < -0.39 is 5.41 Å². The summed E-state index contributed by atoms with van der Waals surface area (Å²) >= 11 is 0. The number of hydrogen-bond donors (Lipinski definition) is 0. The molecule has 0 aromatic heterocycles. The number of unbranched alkanes of at least 4 members (excludes halogenated alkanes) is 1. The number of ketones is 3. The largest absolute Gasteiger partial charge is 0.493 e. The molecule has 182 valence electrons. The Morgan fingerprint density at radius 3 is 2.35 bits per heavy atom. The van der Waals surface area contributed by atoms with E-state index in [4.69, 9.17) is 4.74 Å². The Kier molecular flexibility index (Phi) is 5.82. The van der Waals surface area contributed by atoms with Gasteiger partial charge in [0.2, 0.25) is 0 Å². The van der Waals surface area contributed by atoms with Crippen LogP contribution in [0.1, 0.15) is 95.6 Å². The number of hydrogen-bond acceptors (Lipinski definition) is 4. The third-order valence-electron chi connectivity index (χ3n) is 9.12. The zero-order valence-corrected chi connectivity index (χ0v) is 22.0. The van der Waals surface area contributed by atoms with Gasteiger partial charge in [-0.05, 0) is 82.9 Å². The van der Waals surface area contributed by atoms with Crippen molar-refractivity contribution in [2.75, 3.05) is 6.61 Å². The number of allylic oxidation sites excluding steroid dienone is 4. The molecule has 1 aromatic carbocycles. The van der Waals surface area contributed by atoms with Gasteiger partial charge >= 0.3 is 0 Å². The van der Waals surface area contributed by atoms with Crippen LogP contribution in [0.15, 0.2) is 34.4 Å². The summed E-state index contributed by atoms with van der Waals surface area (Å²) in [6, 6.07) is 3.98. The van der Waals surface area contributed by atoms with Crippen LogP contribution < -0.4 is 4.74 Å². The first-order chi connectivity index (χ1) is 15.8. The summed E-state index contributed by atoms with van der Waals surface area (Å²) in [5, 5.41) is 0. The number of carbonyl (C=O) groups is 3. The number of aryl methyl sites for hydroxylation is 1. The molecule has 0 N–H and O–H groups in total. The van der Waals surface area contributed by atoms with Crippen LogP contribution in [0.3, 0.4) is 0 Å². The average molecular weight is 463 g/mol. The minimum atomic E-state index is -0.886. The molecule has 0 saturated heterocycles. The second-order valence-corrected chi connectivity index (χ2v) is 11.6. The molecule has 4 rings (SSSR count). The zero-order valence-electron chi connectivity index (χ0n) is 22.0. The van der Waals surface area contributed by atoms with Gasteiger partial charge in [0, 0.05) is 11.0 Å². The lowest BCUT2D eigenvalue weighted by atomic mass is 9.42. The van der Waals surface area contributed by atoms with Crippen molar-refractivity contribution in [2.45, 2.75) is 87.5 Å². The van der Waals surface area contributed by atoms with Crippen LogP contribution in [0, 0.1) is 23.2 Å². The first-order valence-electron chi connectivity index (χ1n) is 12.6. The highest BCUT2D eigenvalue weighted by atomic mass is 16.5. The van der Waals surface area contributed by atoms with Crippen LogP contribution in [0.25, 0.3) is 0 Å². The van der Waals surface area contributed by atoms with E-state index in [0.717, 1.165) is 53.5 Å². The summed E-state index contributed by atoms with van der Waals surface area (Å²) in [5.74, 6) is 0.332. The number of rotatable bonds is 5. The first-order valence-corrected chi connectivity index (χ1v) is 12.6. The molecule has 4 heteroatoms. The maximum atomic E-state index is 14.3. The van der Waals surface area contributed by atoms with Crippen molar-refractivity contribution in [1.82, 2.24) is 0 Å². The summed E-state index contributed by atoms with van der Waals surface area (Å²) < 4.78 is 6.09. The van der Waals surface area contributed by atoms with E-state index in [1.54, 1.807) is 0 Å². The molecule has 3 aliphatic carbocycles. The maximum absolute atomic E-state index is 14.3. The van der Waals surface area contributed by atoms with Crippen LogP contribution in [-0.2, 0) is 16.0 Å². The third-order valence-corrected chi connectivity index (χ3v) is 9.12.